The van der Waals surface area contributed by atoms with Gasteiger partial charge in [0.25, 0.3) is 0 Å². The minimum absolute atomic E-state index is 0.0724. The maximum absolute atomic E-state index is 13.9. The number of fused-ring (bicyclic) bond motifs is 3. The van der Waals surface area contributed by atoms with Crippen LogP contribution in [-0.2, 0) is 23.9 Å². The first-order chi connectivity index (χ1) is 17.7. The Morgan fingerprint density at radius 2 is 2.05 bits per heavy atom. The van der Waals surface area contributed by atoms with Crippen molar-refractivity contribution in [1.82, 2.24) is 9.88 Å². The topological polar surface area (TPSA) is 95.0 Å². The van der Waals surface area contributed by atoms with Crippen LogP contribution in [0.3, 0.4) is 0 Å². The summed E-state index contributed by atoms with van der Waals surface area (Å²) < 4.78 is 17.0. The molecular weight excluding hydrogens is 472 g/mol. The molecule has 8 nitrogen and oxygen atoms in total. The van der Waals surface area contributed by atoms with Crippen molar-refractivity contribution < 1.29 is 28.6 Å². The van der Waals surface area contributed by atoms with Crippen molar-refractivity contribution in [3.63, 3.8) is 0 Å². The van der Waals surface area contributed by atoms with Crippen molar-refractivity contribution >= 4 is 28.6 Å². The van der Waals surface area contributed by atoms with E-state index in [0.29, 0.717) is 18.7 Å². The van der Waals surface area contributed by atoms with Crippen molar-refractivity contribution in [2.24, 2.45) is 11.3 Å². The van der Waals surface area contributed by atoms with Crippen molar-refractivity contribution in [2.75, 3.05) is 19.8 Å². The summed E-state index contributed by atoms with van der Waals surface area (Å²) in [6, 6.07) is 6.94. The summed E-state index contributed by atoms with van der Waals surface area (Å²) in [4.78, 5) is 45.4. The van der Waals surface area contributed by atoms with Crippen molar-refractivity contribution in [3.05, 3.63) is 36.0 Å². The molecule has 2 aromatic rings. The number of amides is 1. The number of nitrogens with zero attached hydrogens (tertiary/aromatic N) is 2. The molecular formula is C29H34N2O6. The SMILES string of the molecule is CCOC(=O)[C@@H]1C[C@@H]2CN1C(=O)[C@H](C(C)(C)C)CC(=O)OCCCC#Cc1ccc3ccnc(c3c1)O2. The van der Waals surface area contributed by atoms with Crippen LogP contribution >= 0.6 is 0 Å². The van der Waals surface area contributed by atoms with E-state index < -0.39 is 35.4 Å². The third-order valence-electron chi connectivity index (χ3n) is 6.77. The van der Waals surface area contributed by atoms with Gasteiger partial charge >= 0.3 is 11.9 Å². The summed E-state index contributed by atoms with van der Waals surface area (Å²) in [6.07, 6.45) is 2.56. The quantitative estimate of drug-likeness (QED) is 0.451. The van der Waals surface area contributed by atoms with Gasteiger partial charge in [-0.05, 0) is 42.3 Å². The Hall–Kier alpha value is -3.60. The molecule has 0 radical (unpaired) electrons. The molecule has 3 heterocycles. The number of hydrogen-bond acceptors (Lipinski definition) is 7. The molecule has 8 heteroatoms. The van der Waals surface area contributed by atoms with Gasteiger partial charge in [-0.15, -0.1) is 0 Å². The first kappa shape index (κ1) is 26.5. The van der Waals surface area contributed by atoms with Gasteiger partial charge in [0.1, 0.15) is 12.1 Å². The van der Waals surface area contributed by atoms with Crippen LogP contribution in [0.15, 0.2) is 30.5 Å². The number of carbonyl (C=O) groups is 3. The zero-order chi connectivity index (χ0) is 26.6. The summed E-state index contributed by atoms with van der Waals surface area (Å²) in [5.41, 5.74) is 0.290. The average molecular weight is 507 g/mol. The summed E-state index contributed by atoms with van der Waals surface area (Å²) >= 11 is 0. The fourth-order valence-corrected chi connectivity index (χ4v) is 4.76. The van der Waals surface area contributed by atoms with E-state index in [0.717, 1.165) is 16.3 Å². The lowest BCUT2D eigenvalue weighted by Crippen LogP contribution is -2.48. The molecule has 1 aromatic carbocycles. The monoisotopic (exact) mass is 506 g/mol. The van der Waals surface area contributed by atoms with Gasteiger partial charge in [-0.25, -0.2) is 9.78 Å². The predicted octanol–water partition coefficient (Wildman–Crippen LogP) is 3.89. The molecule has 1 fully saturated rings. The van der Waals surface area contributed by atoms with Crippen LogP contribution in [0.25, 0.3) is 10.8 Å². The van der Waals surface area contributed by atoms with E-state index in [9.17, 15) is 14.4 Å². The first-order valence-corrected chi connectivity index (χ1v) is 12.8. The zero-order valence-corrected chi connectivity index (χ0v) is 21.9. The van der Waals surface area contributed by atoms with E-state index in [1.807, 2.05) is 45.0 Å². The normalized spacial score (nSPS) is 22.9. The molecule has 196 valence electrons. The van der Waals surface area contributed by atoms with Gasteiger partial charge in [0.05, 0.1) is 32.1 Å². The van der Waals surface area contributed by atoms with Crippen LogP contribution in [0.4, 0.5) is 0 Å². The van der Waals surface area contributed by atoms with Crippen molar-refractivity contribution in [1.29, 1.82) is 0 Å². The largest absolute Gasteiger partial charge is 0.472 e. The average Bonchev–Trinajstić information content (AvgIpc) is 3.27. The van der Waals surface area contributed by atoms with Crippen LogP contribution in [-0.4, -0.2) is 59.6 Å². The number of aromatic nitrogens is 1. The number of benzene rings is 1. The van der Waals surface area contributed by atoms with Crippen LogP contribution < -0.4 is 4.74 Å². The second-order valence-corrected chi connectivity index (χ2v) is 10.5. The molecule has 37 heavy (non-hydrogen) atoms. The second kappa shape index (κ2) is 11.2. The molecule has 4 bridgehead atoms. The van der Waals surface area contributed by atoms with Crippen LogP contribution in [0.5, 0.6) is 5.88 Å². The fourth-order valence-electron chi connectivity index (χ4n) is 4.76. The first-order valence-electron chi connectivity index (χ1n) is 12.8. The van der Waals surface area contributed by atoms with Crippen LogP contribution in [0, 0.1) is 23.2 Å². The number of cyclic esters (lactones) is 1. The molecule has 0 unspecified atom stereocenters. The van der Waals surface area contributed by atoms with Gasteiger partial charge in [-0.1, -0.05) is 38.7 Å². The lowest BCUT2D eigenvalue weighted by Gasteiger charge is -2.34. The van der Waals surface area contributed by atoms with Gasteiger partial charge < -0.3 is 19.1 Å². The maximum atomic E-state index is 13.9. The highest BCUT2D eigenvalue weighted by molar-refractivity contribution is 5.90. The smallest absolute Gasteiger partial charge is 0.328 e. The lowest BCUT2D eigenvalue weighted by molar-refractivity contribution is -0.158. The van der Waals surface area contributed by atoms with Gasteiger partial charge in [0, 0.05) is 30.0 Å². The molecule has 3 atom stereocenters. The van der Waals surface area contributed by atoms with E-state index in [1.54, 1.807) is 13.1 Å². The highest BCUT2D eigenvalue weighted by Gasteiger charge is 2.46. The molecule has 4 rings (SSSR count). The molecule has 0 N–H and O–H groups in total. The Morgan fingerprint density at radius 1 is 1.24 bits per heavy atom. The second-order valence-electron chi connectivity index (χ2n) is 10.5. The van der Waals surface area contributed by atoms with Crippen molar-refractivity contribution in [2.45, 2.75) is 65.5 Å². The molecule has 1 aromatic heterocycles. The van der Waals surface area contributed by atoms with Gasteiger partial charge in [0.15, 0.2) is 0 Å². The van der Waals surface area contributed by atoms with E-state index >= 15 is 0 Å². The van der Waals surface area contributed by atoms with Crippen molar-refractivity contribution in [3.8, 4) is 17.7 Å². The Kier molecular flexibility index (Phi) is 8.01. The van der Waals surface area contributed by atoms with Gasteiger partial charge in [0.2, 0.25) is 11.8 Å². The highest BCUT2D eigenvalue weighted by atomic mass is 16.5. The molecule has 0 aliphatic carbocycles. The number of ether oxygens (including phenoxy) is 3. The highest BCUT2D eigenvalue weighted by Crippen LogP contribution is 2.35. The number of pyridine rings is 1. The van der Waals surface area contributed by atoms with Gasteiger partial charge in [-0.3, -0.25) is 9.59 Å². The molecule has 2 aliphatic heterocycles. The van der Waals surface area contributed by atoms with E-state index in [-0.39, 0.29) is 38.5 Å². The third kappa shape index (κ3) is 6.22. The third-order valence-corrected chi connectivity index (χ3v) is 6.77. The summed E-state index contributed by atoms with van der Waals surface area (Å²) in [5, 5.41) is 1.77. The van der Waals surface area contributed by atoms with Crippen LogP contribution in [0.1, 0.15) is 58.9 Å². The lowest BCUT2D eigenvalue weighted by atomic mass is 9.77. The molecule has 0 saturated carbocycles. The Balaban J connectivity index is 1.73. The molecule has 1 saturated heterocycles. The predicted molar refractivity (Wildman–Crippen MR) is 138 cm³/mol. The Morgan fingerprint density at radius 3 is 2.81 bits per heavy atom. The summed E-state index contributed by atoms with van der Waals surface area (Å²) in [5.74, 6) is 4.84. The van der Waals surface area contributed by atoms with Gasteiger partial charge in [-0.2, -0.15) is 0 Å². The fraction of sp³-hybridized carbons (Fsp3) is 0.517. The molecule has 1 amide bonds. The standard InChI is InChI=1S/C29H34N2O6/c1-5-35-28(34)24-16-21-18-31(24)27(33)23(29(2,3)4)17-25(32)36-14-8-6-7-9-19-10-11-20-12-13-30-26(37-21)22(20)15-19/h10-13,15,21,23-24H,5-6,8,14,16-18H2,1-4H3/t21-,23-,24+/m1/s1. The number of esters is 2. The minimum Gasteiger partial charge on any atom is -0.472 e. The minimum atomic E-state index is -0.809. The Bertz CT molecular complexity index is 1240. The van der Waals surface area contributed by atoms with E-state index in [1.165, 1.54) is 4.90 Å². The number of hydrogen-bond donors (Lipinski definition) is 0. The molecule has 0 spiro atoms. The number of rotatable bonds is 2. The zero-order valence-electron chi connectivity index (χ0n) is 21.9. The Labute approximate surface area is 217 Å². The summed E-state index contributed by atoms with van der Waals surface area (Å²) in [7, 11) is 0. The number of carbonyl (C=O) groups excluding carboxylic acids is 3. The maximum Gasteiger partial charge on any atom is 0.328 e. The molecule has 2 aliphatic rings. The summed E-state index contributed by atoms with van der Waals surface area (Å²) in [6.45, 7) is 8.07. The van der Waals surface area contributed by atoms with E-state index in [2.05, 4.69) is 16.8 Å². The van der Waals surface area contributed by atoms with Crippen LogP contribution in [0.2, 0.25) is 0 Å². The van der Waals surface area contributed by atoms with E-state index in [4.69, 9.17) is 14.2 Å².